The predicted molar refractivity (Wildman–Crippen MR) is 64.0 cm³/mol. The number of nitrogens with zero attached hydrogens (tertiary/aromatic N) is 5. The molecule has 0 radical (unpaired) electrons. The summed E-state index contributed by atoms with van der Waals surface area (Å²) in [6.07, 6.45) is 5.24. The number of aromatic nitrogens is 5. The molecule has 2 aromatic heterocycles. The smallest absolute Gasteiger partial charge is 0.252 e. The van der Waals surface area contributed by atoms with Gasteiger partial charge in [0.1, 0.15) is 6.33 Å². The van der Waals surface area contributed by atoms with Gasteiger partial charge in [-0.25, -0.2) is 15.0 Å². The molecule has 1 N–H and O–H groups in total. The third-order valence-corrected chi connectivity index (χ3v) is 2.46. The Morgan fingerprint density at radius 2 is 2.11 bits per heavy atom. The Balaban J connectivity index is 2.12. The summed E-state index contributed by atoms with van der Waals surface area (Å²) in [5.74, 6) is 1.18. The maximum atomic E-state index is 12.0. The molecule has 0 amide bonds. The average Bonchev–Trinajstić information content (AvgIpc) is 2.89. The van der Waals surface area contributed by atoms with E-state index in [0.717, 1.165) is 0 Å². The molecular weight excluding hydrogens is 235 g/mol. The Hall–Kier alpha value is -1.89. The van der Waals surface area contributed by atoms with Crippen LogP contribution in [-0.2, 0) is 0 Å². The van der Waals surface area contributed by atoms with Crippen molar-refractivity contribution >= 4 is 0 Å². The lowest BCUT2D eigenvalue weighted by molar-refractivity contribution is 0.439. The first kappa shape index (κ1) is 12.6. The average molecular weight is 250 g/mol. The van der Waals surface area contributed by atoms with E-state index in [-0.39, 0.29) is 12.7 Å². The highest BCUT2D eigenvalue weighted by atomic mass is 19.1. The van der Waals surface area contributed by atoms with Crippen LogP contribution < -0.4 is 5.32 Å². The highest BCUT2D eigenvalue weighted by Gasteiger charge is 2.14. The summed E-state index contributed by atoms with van der Waals surface area (Å²) >= 11 is 0. The molecule has 1 atom stereocenters. The lowest BCUT2D eigenvalue weighted by atomic mass is 10.3. The first-order valence-electron chi connectivity index (χ1n) is 5.79. The maximum Gasteiger partial charge on any atom is 0.252 e. The molecule has 0 aliphatic rings. The summed E-state index contributed by atoms with van der Waals surface area (Å²) in [5, 5.41) is 7.28. The van der Waals surface area contributed by atoms with Crippen molar-refractivity contribution in [3.63, 3.8) is 0 Å². The molecule has 0 saturated heterocycles. The molecule has 1 unspecified atom stereocenters. The van der Waals surface area contributed by atoms with Crippen LogP contribution in [-0.4, -0.2) is 38.0 Å². The molecule has 6 nitrogen and oxygen atoms in total. The second-order valence-corrected chi connectivity index (χ2v) is 3.80. The van der Waals surface area contributed by atoms with Crippen LogP contribution in [0.15, 0.2) is 24.8 Å². The van der Waals surface area contributed by atoms with E-state index in [4.69, 9.17) is 0 Å². The topological polar surface area (TPSA) is 68.5 Å². The van der Waals surface area contributed by atoms with Crippen molar-refractivity contribution in [2.45, 2.75) is 19.4 Å². The number of rotatable bonds is 6. The third-order valence-electron chi connectivity index (χ3n) is 2.46. The second kappa shape index (κ2) is 6.15. The van der Waals surface area contributed by atoms with Gasteiger partial charge in [0.2, 0.25) is 0 Å². The highest BCUT2D eigenvalue weighted by Crippen LogP contribution is 2.11. The minimum Gasteiger partial charge on any atom is -0.307 e. The van der Waals surface area contributed by atoms with Crippen LogP contribution in [0, 0.1) is 0 Å². The standard InChI is InChI=1S/C11H15FN6/c1-9(13-5-2-4-12)10-16-8-17-18(10)11-14-6-3-7-15-11/h3,6-9,13H,2,4-5H2,1H3. The van der Waals surface area contributed by atoms with E-state index in [9.17, 15) is 4.39 Å². The third kappa shape index (κ3) is 2.86. The zero-order chi connectivity index (χ0) is 12.8. The molecule has 0 aromatic carbocycles. The van der Waals surface area contributed by atoms with Gasteiger partial charge in [-0.1, -0.05) is 0 Å². The summed E-state index contributed by atoms with van der Waals surface area (Å²) in [6, 6.07) is 1.70. The molecule has 0 aliphatic carbocycles. The van der Waals surface area contributed by atoms with Gasteiger partial charge in [-0.05, 0) is 26.0 Å². The Kier molecular flexibility index (Phi) is 4.30. The molecular formula is C11H15FN6. The monoisotopic (exact) mass is 250 g/mol. The molecule has 18 heavy (non-hydrogen) atoms. The molecule has 0 spiro atoms. The first-order chi connectivity index (χ1) is 8.83. The Morgan fingerprint density at radius 1 is 1.33 bits per heavy atom. The van der Waals surface area contributed by atoms with Crippen LogP contribution in [0.1, 0.15) is 25.2 Å². The summed E-state index contributed by atoms with van der Waals surface area (Å²) < 4.78 is 13.6. The molecule has 96 valence electrons. The maximum absolute atomic E-state index is 12.0. The van der Waals surface area contributed by atoms with Crippen molar-refractivity contribution in [2.75, 3.05) is 13.2 Å². The molecule has 0 aliphatic heterocycles. The van der Waals surface area contributed by atoms with Gasteiger partial charge in [-0.3, -0.25) is 4.39 Å². The van der Waals surface area contributed by atoms with Crippen molar-refractivity contribution in [2.24, 2.45) is 0 Å². The van der Waals surface area contributed by atoms with Crippen LogP contribution in [0.5, 0.6) is 0 Å². The fourth-order valence-corrected chi connectivity index (χ4v) is 1.58. The Labute approximate surface area is 104 Å². The van der Waals surface area contributed by atoms with Crippen molar-refractivity contribution in [3.05, 3.63) is 30.6 Å². The minimum absolute atomic E-state index is 0.0390. The Morgan fingerprint density at radius 3 is 2.83 bits per heavy atom. The quantitative estimate of drug-likeness (QED) is 0.777. The minimum atomic E-state index is -0.325. The summed E-state index contributed by atoms with van der Waals surface area (Å²) in [5.41, 5.74) is 0. The molecule has 2 aromatic rings. The van der Waals surface area contributed by atoms with Crippen LogP contribution in [0.3, 0.4) is 0 Å². The van der Waals surface area contributed by atoms with Gasteiger partial charge in [-0.2, -0.15) is 9.78 Å². The van der Waals surface area contributed by atoms with Gasteiger partial charge in [-0.15, -0.1) is 0 Å². The van der Waals surface area contributed by atoms with Gasteiger partial charge < -0.3 is 5.32 Å². The lowest BCUT2D eigenvalue weighted by Crippen LogP contribution is -2.24. The van der Waals surface area contributed by atoms with Crippen molar-refractivity contribution in [3.8, 4) is 5.95 Å². The van der Waals surface area contributed by atoms with Gasteiger partial charge in [0, 0.05) is 12.4 Å². The van der Waals surface area contributed by atoms with E-state index in [2.05, 4.69) is 25.4 Å². The molecule has 2 heterocycles. The number of hydrogen-bond donors (Lipinski definition) is 1. The van der Waals surface area contributed by atoms with Crippen LogP contribution >= 0.6 is 0 Å². The lowest BCUT2D eigenvalue weighted by Gasteiger charge is -2.12. The van der Waals surface area contributed by atoms with E-state index in [1.807, 2.05) is 6.92 Å². The van der Waals surface area contributed by atoms with Crippen molar-refractivity contribution in [1.82, 2.24) is 30.0 Å². The van der Waals surface area contributed by atoms with Gasteiger partial charge in [0.25, 0.3) is 5.95 Å². The fraction of sp³-hybridized carbons (Fsp3) is 0.455. The van der Waals surface area contributed by atoms with Crippen LogP contribution in [0.4, 0.5) is 4.39 Å². The Bertz CT molecular complexity index is 471. The molecule has 0 bridgehead atoms. The zero-order valence-electron chi connectivity index (χ0n) is 10.1. The van der Waals surface area contributed by atoms with E-state index in [1.165, 1.54) is 6.33 Å². The van der Waals surface area contributed by atoms with Gasteiger partial charge in [0.15, 0.2) is 5.82 Å². The normalized spacial score (nSPS) is 12.6. The van der Waals surface area contributed by atoms with Gasteiger partial charge >= 0.3 is 0 Å². The second-order valence-electron chi connectivity index (χ2n) is 3.80. The molecule has 0 fully saturated rings. The SMILES string of the molecule is CC(NCCCF)c1ncnn1-c1ncccn1. The summed E-state index contributed by atoms with van der Waals surface area (Å²) in [7, 11) is 0. The zero-order valence-corrected chi connectivity index (χ0v) is 10.1. The summed E-state index contributed by atoms with van der Waals surface area (Å²) in [4.78, 5) is 12.4. The highest BCUT2D eigenvalue weighted by molar-refractivity contribution is 5.11. The summed E-state index contributed by atoms with van der Waals surface area (Å²) in [6.45, 7) is 2.22. The van der Waals surface area contributed by atoms with Crippen molar-refractivity contribution in [1.29, 1.82) is 0 Å². The van der Waals surface area contributed by atoms with E-state index in [1.54, 1.807) is 23.1 Å². The van der Waals surface area contributed by atoms with Crippen LogP contribution in [0.25, 0.3) is 5.95 Å². The van der Waals surface area contributed by atoms with Gasteiger partial charge in [0.05, 0.1) is 12.7 Å². The number of nitrogens with one attached hydrogen (secondary N) is 1. The first-order valence-corrected chi connectivity index (χ1v) is 5.79. The molecule has 7 heteroatoms. The van der Waals surface area contributed by atoms with Crippen LogP contribution in [0.2, 0.25) is 0 Å². The van der Waals surface area contributed by atoms with E-state index in [0.29, 0.717) is 24.7 Å². The van der Waals surface area contributed by atoms with Crippen molar-refractivity contribution < 1.29 is 4.39 Å². The van der Waals surface area contributed by atoms with E-state index < -0.39 is 0 Å². The predicted octanol–water partition coefficient (Wildman–Crippen LogP) is 1.07. The molecule has 2 rings (SSSR count). The number of halogens is 1. The number of hydrogen-bond acceptors (Lipinski definition) is 5. The number of alkyl halides is 1. The molecule has 0 saturated carbocycles. The van der Waals surface area contributed by atoms with E-state index >= 15 is 0 Å². The largest absolute Gasteiger partial charge is 0.307 e. The fourth-order valence-electron chi connectivity index (χ4n) is 1.58.